The largest absolute Gasteiger partial charge is 0.368 e. The lowest BCUT2D eigenvalue weighted by molar-refractivity contribution is -0.118. The molecule has 0 amide bonds. The third kappa shape index (κ3) is 3.55. The lowest BCUT2D eigenvalue weighted by atomic mass is 9.88. The van der Waals surface area contributed by atoms with Gasteiger partial charge in [0.2, 0.25) is 0 Å². The molecule has 0 aliphatic carbocycles. The summed E-state index contributed by atoms with van der Waals surface area (Å²) >= 11 is 0. The average Bonchev–Trinajstić information content (AvgIpc) is 2.57. The number of allylic oxidation sites excluding steroid dienone is 1. The van der Waals surface area contributed by atoms with Crippen molar-refractivity contribution in [3.63, 3.8) is 0 Å². The predicted molar refractivity (Wildman–Crippen MR) is 96.9 cm³/mol. The molecule has 3 heterocycles. The van der Waals surface area contributed by atoms with Gasteiger partial charge in [-0.25, -0.2) is 9.98 Å². The van der Waals surface area contributed by atoms with E-state index in [2.05, 4.69) is 26.8 Å². The first-order valence-corrected chi connectivity index (χ1v) is 8.48. The molecule has 0 spiro atoms. The van der Waals surface area contributed by atoms with E-state index in [-0.39, 0.29) is 5.78 Å². The van der Waals surface area contributed by atoms with E-state index >= 15 is 0 Å². The van der Waals surface area contributed by atoms with Crippen LogP contribution in [0.3, 0.4) is 0 Å². The quantitative estimate of drug-likeness (QED) is 0.514. The number of ketones is 1. The zero-order valence-corrected chi connectivity index (χ0v) is 14.4. The van der Waals surface area contributed by atoms with Crippen LogP contribution in [0.25, 0.3) is 0 Å². The molecule has 1 aromatic rings. The number of nitrogens with one attached hydrogen (secondary N) is 1. The molecule has 0 bridgehead atoms. The van der Waals surface area contributed by atoms with Crippen LogP contribution in [0, 0.1) is 6.92 Å². The number of aliphatic imine (C=N–C) groups is 1. The number of nitrogens with zero attached hydrogens (tertiary/aromatic N) is 3. The van der Waals surface area contributed by atoms with E-state index in [1.54, 1.807) is 12.4 Å². The molecule has 0 radical (unpaired) electrons. The summed E-state index contributed by atoms with van der Waals surface area (Å²) in [6.45, 7) is 8.98. The molecule has 2 aliphatic heterocycles. The molecule has 2 saturated heterocycles. The van der Waals surface area contributed by atoms with Crippen LogP contribution in [0.1, 0.15) is 38.2 Å². The van der Waals surface area contributed by atoms with E-state index in [1.807, 2.05) is 26.0 Å². The van der Waals surface area contributed by atoms with Crippen molar-refractivity contribution >= 4 is 17.4 Å². The summed E-state index contributed by atoms with van der Waals surface area (Å²) in [5.41, 5.74) is 2.56. The molecular formula is C19H24N4O. The molecule has 2 aliphatic rings. The Kier molecular flexibility index (Phi) is 4.79. The van der Waals surface area contributed by atoms with Crippen molar-refractivity contribution in [2.45, 2.75) is 45.6 Å². The molecule has 1 atom stereocenters. The van der Waals surface area contributed by atoms with E-state index < -0.39 is 0 Å². The molecule has 1 aromatic heterocycles. The fourth-order valence-corrected chi connectivity index (χ4v) is 3.27. The number of amidine groups is 1. The molecule has 0 saturated carbocycles. The highest BCUT2D eigenvalue weighted by Crippen LogP contribution is 2.32. The first-order valence-electron chi connectivity index (χ1n) is 8.48. The number of aromatic nitrogens is 1. The van der Waals surface area contributed by atoms with Gasteiger partial charge in [-0.15, -0.1) is 0 Å². The minimum absolute atomic E-state index is 0.146. The number of hydrogen-bond acceptors (Lipinski definition) is 4. The molecule has 1 N–H and O–H groups in total. The van der Waals surface area contributed by atoms with Crippen LogP contribution in [0.5, 0.6) is 0 Å². The van der Waals surface area contributed by atoms with Crippen molar-refractivity contribution in [1.82, 2.24) is 9.88 Å². The lowest BCUT2D eigenvalue weighted by Gasteiger charge is -2.42. The summed E-state index contributed by atoms with van der Waals surface area (Å²) < 4.78 is 0. The van der Waals surface area contributed by atoms with Gasteiger partial charge in [-0.3, -0.25) is 4.79 Å². The van der Waals surface area contributed by atoms with E-state index in [0.717, 1.165) is 30.0 Å². The lowest BCUT2D eigenvalue weighted by Crippen LogP contribution is -2.44. The molecule has 1 unspecified atom stereocenters. The van der Waals surface area contributed by atoms with Crippen LogP contribution >= 0.6 is 0 Å². The Morgan fingerprint density at radius 1 is 1.46 bits per heavy atom. The smallest absolute Gasteiger partial charge is 0.168 e. The summed E-state index contributed by atoms with van der Waals surface area (Å²) in [4.78, 5) is 23.4. The van der Waals surface area contributed by atoms with Crippen LogP contribution in [0.2, 0.25) is 0 Å². The van der Waals surface area contributed by atoms with Crippen molar-refractivity contribution < 1.29 is 4.79 Å². The maximum Gasteiger partial charge on any atom is 0.168 e. The topological polar surface area (TPSA) is 57.6 Å². The zero-order valence-electron chi connectivity index (χ0n) is 14.4. The van der Waals surface area contributed by atoms with Crippen LogP contribution in [0.15, 0.2) is 47.4 Å². The number of fused-ring (bicyclic) bond motifs is 1. The molecule has 24 heavy (non-hydrogen) atoms. The number of rotatable bonds is 2. The molecule has 126 valence electrons. The molecule has 3 rings (SSSR count). The van der Waals surface area contributed by atoms with E-state index in [1.165, 1.54) is 12.8 Å². The molecule has 5 nitrogen and oxygen atoms in total. The Hall–Kier alpha value is -2.43. The highest BCUT2D eigenvalue weighted by molar-refractivity contribution is 6.01. The van der Waals surface area contributed by atoms with Gasteiger partial charge in [0.15, 0.2) is 5.78 Å². The molecule has 0 aromatic carbocycles. The molecular weight excluding hydrogens is 300 g/mol. The van der Waals surface area contributed by atoms with Gasteiger partial charge >= 0.3 is 0 Å². The van der Waals surface area contributed by atoms with Crippen LogP contribution in [0.4, 0.5) is 5.82 Å². The van der Waals surface area contributed by atoms with Gasteiger partial charge in [-0.1, -0.05) is 12.6 Å². The first kappa shape index (κ1) is 16.4. The number of hydrogen-bond donors (Lipinski definition) is 1. The Morgan fingerprint density at radius 3 is 3.04 bits per heavy atom. The van der Waals surface area contributed by atoms with Gasteiger partial charge in [-0.05, 0) is 44.7 Å². The van der Waals surface area contributed by atoms with Gasteiger partial charge in [0.25, 0.3) is 0 Å². The summed E-state index contributed by atoms with van der Waals surface area (Å²) in [7, 11) is 0. The number of pyridine rings is 1. The van der Waals surface area contributed by atoms with Crippen molar-refractivity contribution in [3.8, 4) is 0 Å². The number of anilines is 1. The predicted octanol–water partition coefficient (Wildman–Crippen LogP) is 3.45. The van der Waals surface area contributed by atoms with Gasteiger partial charge in [0.05, 0.1) is 5.57 Å². The third-order valence-electron chi connectivity index (χ3n) is 4.61. The van der Waals surface area contributed by atoms with Crippen molar-refractivity contribution in [2.75, 3.05) is 11.9 Å². The van der Waals surface area contributed by atoms with E-state index in [4.69, 9.17) is 0 Å². The monoisotopic (exact) mass is 324 g/mol. The number of Topliss-reactive ketones (excluding diaryl/α,β-unsaturated/α-hetero) is 1. The molecule has 2 fully saturated rings. The number of carbonyl (C=O) groups is 1. The Balaban J connectivity index is 1.73. The highest BCUT2D eigenvalue weighted by atomic mass is 16.1. The summed E-state index contributed by atoms with van der Waals surface area (Å²) in [6.07, 6.45) is 7.47. The fourth-order valence-electron chi connectivity index (χ4n) is 3.27. The Morgan fingerprint density at radius 2 is 2.29 bits per heavy atom. The first-order chi connectivity index (χ1) is 11.5. The average molecular weight is 324 g/mol. The maximum atomic E-state index is 12.4. The number of aryl methyl sites for hydroxylation is 1. The third-order valence-corrected chi connectivity index (χ3v) is 4.61. The SMILES string of the molecule is C=C1/C(=C\N=C(/C)Nc2ccc(C)cn2)C(=O)CC2CCCCN12. The van der Waals surface area contributed by atoms with Gasteiger partial charge in [0.1, 0.15) is 11.7 Å². The zero-order chi connectivity index (χ0) is 17.1. The summed E-state index contributed by atoms with van der Waals surface area (Å²) in [6, 6.07) is 4.23. The number of piperidine rings is 2. The van der Waals surface area contributed by atoms with Crippen molar-refractivity contribution in [3.05, 3.63) is 47.9 Å². The van der Waals surface area contributed by atoms with Crippen LogP contribution in [-0.4, -0.2) is 34.1 Å². The van der Waals surface area contributed by atoms with E-state index in [0.29, 0.717) is 23.9 Å². The van der Waals surface area contributed by atoms with Crippen LogP contribution < -0.4 is 5.32 Å². The summed E-state index contributed by atoms with van der Waals surface area (Å²) in [5, 5.41) is 3.13. The minimum Gasteiger partial charge on any atom is -0.368 e. The fraction of sp³-hybridized carbons (Fsp3) is 0.421. The second-order valence-corrected chi connectivity index (χ2v) is 6.52. The second kappa shape index (κ2) is 6.99. The highest BCUT2D eigenvalue weighted by Gasteiger charge is 2.34. The van der Waals surface area contributed by atoms with Crippen molar-refractivity contribution in [2.24, 2.45) is 4.99 Å². The number of carbonyl (C=O) groups excluding carboxylic acids is 1. The van der Waals surface area contributed by atoms with Gasteiger partial charge in [-0.2, -0.15) is 0 Å². The van der Waals surface area contributed by atoms with E-state index in [9.17, 15) is 4.79 Å². The summed E-state index contributed by atoms with van der Waals surface area (Å²) in [5.74, 6) is 1.58. The Bertz CT molecular complexity index is 703. The normalized spacial score (nSPS) is 23.4. The van der Waals surface area contributed by atoms with Crippen LogP contribution in [-0.2, 0) is 4.79 Å². The standard InChI is InChI=1S/C19H24N4O/c1-13-7-8-19(21-11-13)22-15(3)20-12-17-14(2)23-9-5-4-6-16(23)10-18(17)24/h7-8,11-12,16H,2,4-6,9-10H2,1,3H3,(H,20,21,22)/b17-12+. The molecule has 5 heteroatoms. The Labute approximate surface area is 143 Å². The maximum absolute atomic E-state index is 12.4. The second-order valence-electron chi connectivity index (χ2n) is 6.52. The minimum atomic E-state index is 0.146. The van der Waals surface area contributed by atoms with Gasteiger partial charge in [0, 0.05) is 37.1 Å². The van der Waals surface area contributed by atoms with Crippen molar-refractivity contribution in [1.29, 1.82) is 0 Å². The van der Waals surface area contributed by atoms with Gasteiger partial charge < -0.3 is 10.2 Å².